The second kappa shape index (κ2) is 17.0. The van der Waals surface area contributed by atoms with E-state index in [4.69, 9.17) is 9.47 Å². The van der Waals surface area contributed by atoms with Gasteiger partial charge in [-0.05, 0) is 55.0 Å². The van der Waals surface area contributed by atoms with Crippen LogP contribution in [0.25, 0.3) is 0 Å². The molecule has 244 valence electrons. The SMILES string of the molecule is COC(=O)[C@H](Cc1ccc(OCCN(C(=O)CCC2CCCC2)C2CCCCC2)cc1)Nc1ccccc1C(=O)c1ccccc1. The molecule has 5 rings (SSSR count). The summed E-state index contributed by atoms with van der Waals surface area (Å²) in [5.74, 6) is 1.19. The van der Waals surface area contributed by atoms with Gasteiger partial charge in [0, 0.05) is 35.7 Å². The van der Waals surface area contributed by atoms with Gasteiger partial charge in [-0.25, -0.2) is 4.79 Å². The molecule has 1 N–H and O–H groups in total. The first kappa shape index (κ1) is 33.2. The molecule has 0 aliphatic heterocycles. The second-order valence-corrected chi connectivity index (χ2v) is 12.7. The number of ketones is 1. The van der Waals surface area contributed by atoms with Crippen molar-refractivity contribution in [1.82, 2.24) is 4.90 Å². The number of hydrogen-bond donors (Lipinski definition) is 1. The normalized spacial score (nSPS) is 16.0. The highest BCUT2D eigenvalue weighted by atomic mass is 16.5. The van der Waals surface area contributed by atoms with Gasteiger partial charge in [-0.15, -0.1) is 0 Å². The number of anilines is 1. The molecule has 0 bridgehead atoms. The molecule has 1 amide bonds. The van der Waals surface area contributed by atoms with Gasteiger partial charge < -0.3 is 19.7 Å². The zero-order chi connectivity index (χ0) is 32.1. The molecule has 0 saturated heterocycles. The zero-order valence-electron chi connectivity index (χ0n) is 27.1. The Morgan fingerprint density at radius 1 is 0.826 bits per heavy atom. The van der Waals surface area contributed by atoms with Crippen LogP contribution in [0.2, 0.25) is 0 Å². The minimum atomic E-state index is -0.694. The minimum absolute atomic E-state index is 0.119. The van der Waals surface area contributed by atoms with Crippen LogP contribution in [0.4, 0.5) is 5.69 Å². The predicted molar refractivity (Wildman–Crippen MR) is 181 cm³/mol. The van der Waals surface area contributed by atoms with Crippen LogP contribution in [0.1, 0.15) is 92.1 Å². The maximum absolute atomic E-state index is 13.3. The molecule has 2 aliphatic rings. The van der Waals surface area contributed by atoms with E-state index < -0.39 is 12.0 Å². The molecule has 3 aromatic carbocycles. The van der Waals surface area contributed by atoms with E-state index in [2.05, 4.69) is 10.2 Å². The summed E-state index contributed by atoms with van der Waals surface area (Å²) in [6.07, 6.45) is 13.0. The van der Waals surface area contributed by atoms with Crippen LogP contribution in [0.5, 0.6) is 5.75 Å². The lowest BCUT2D eigenvalue weighted by atomic mass is 9.93. The van der Waals surface area contributed by atoms with E-state index in [1.165, 1.54) is 52.1 Å². The smallest absolute Gasteiger partial charge is 0.328 e. The maximum atomic E-state index is 13.3. The predicted octanol–water partition coefficient (Wildman–Crippen LogP) is 7.62. The highest BCUT2D eigenvalue weighted by Crippen LogP contribution is 2.30. The fourth-order valence-corrected chi connectivity index (χ4v) is 6.97. The molecule has 0 aromatic heterocycles. The Balaban J connectivity index is 1.18. The van der Waals surface area contributed by atoms with E-state index in [0.717, 1.165) is 30.6 Å². The summed E-state index contributed by atoms with van der Waals surface area (Å²) in [5, 5.41) is 3.26. The molecule has 0 unspecified atom stereocenters. The van der Waals surface area contributed by atoms with Gasteiger partial charge >= 0.3 is 5.97 Å². The fraction of sp³-hybridized carbons (Fsp3) is 0.462. The van der Waals surface area contributed by atoms with E-state index in [1.807, 2.05) is 54.6 Å². The quantitative estimate of drug-likeness (QED) is 0.138. The van der Waals surface area contributed by atoms with Gasteiger partial charge in [0.05, 0.1) is 13.7 Å². The van der Waals surface area contributed by atoms with Crippen molar-refractivity contribution in [3.8, 4) is 5.75 Å². The Labute approximate surface area is 273 Å². The Bertz CT molecular complexity index is 1410. The Morgan fingerprint density at radius 3 is 2.22 bits per heavy atom. The molecule has 0 spiro atoms. The van der Waals surface area contributed by atoms with Gasteiger partial charge in [-0.3, -0.25) is 9.59 Å². The monoisotopic (exact) mass is 624 g/mol. The van der Waals surface area contributed by atoms with Crippen molar-refractivity contribution in [3.63, 3.8) is 0 Å². The molecular weight excluding hydrogens is 576 g/mol. The van der Waals surface area contributed by atoms with Crippen molar-refractivity contribution >= 4 is 23.3 Å². The van der Waals surface area contributed by atoms with Crippen LogP contribution >= 0.6 is 0 Å². The van der Waals surface area contributed by atoms with Crippen LogP contribution in [-0.4, -0.2) is 54.9 Å². The molecule has 0 radical (unpaired) electrons. The molecule has 0 heterocycles. The number of carbonyl (C=O) groups is 3. The van der Waals surface area contributed by atoms with Crippen LogP contribution in [-0.2, 0) is 20.7 Å². The number of para-hydroxylation sites is 1. The topological polar surface area (TPSA) is 84.9 Å². The van der Waals surface area contributed by atoms with E-state index in [9.17, 15) is 14.4 Å². The number of rotatable bonds is 15. The van der Waals surface area contributed by atoms with Crippen LogP contribution in [0.15, 0.2) is 78.9 Å². The van der Waals surface area contributed by atoms with Crippen molar-refractivity contribution in [2.24, 2.45) is 5.92 Å². The summed E-state index contributed by atoms with van der Waals surface area (Å²) in [4.78, 5) is 41.5. The second-order valence-electron chi connectivity index (χ2n) is 12.7. The summed E-state index contributed by atoms with van der Waals surface area (Å²) >= 11 is 0. The van der Waals surface area contributed by atoms with Crippen LogP contribution in [0.3, 0.4) is 0 Å². The number of nitrogens with zero attached hydrogens (tertiary/aromatic N) is 1. The lowest BCUT2D eigenvalue weighted by molar-refractivity contribution is -0.141. The van der Waals surface area contributed by atoms with E-state index >= 15 is 0 Å². The average molecular weight is 625 g/mol. The standard InChI is InChI=1S/C39H48N2O5/c1-45-39(44)36(40-35-19-11-10-18-34(35)38(43)31-14-4-2-5-15-31)28-30-20-23-33(24-21-30)46-27-26-41(32-16-6-3-7-17-32)37(42)25-22-29-12-8-9-13-29/h2,4-5,10-11,14-15,18-21,23-24,29,32,36,40H,3,6-9,12-13,16-17,22,25-28H2,1H3/t36-/m0/s1. The molecule has 1 atom stereocenters. The molecule has 2 saturated carbocycles. The number of carbonyl (C=O) groups excluding carboxylic acids is 3. The largest absolute Gasteiger partial charge is 0.492 e. The highest BCUT2D eigenvalue weighted by molar-refractivity contribution is 6.12. The Hall–Kier alpha value is -4.13. The molecule has 46 heavy (non-hydrogen) atoms. The molecule has 2 fully saturated rings. The number of methoxy groups -OCH3 is 1. The third-order valence-electron chi connectivity index (χ3n) is 9.56. The summed E-state index contributed by atoms with van der Waals surface area (Å²) in [7, 11) is 1.37. The van der Waals surface area contributed by atoms with Crippen LogP contribution in [0, 0.1) is 5.92 Å². The summed E-state index contributed by atoms with van der Waals surface area (Å²) in [5.41, 5.74) is 2.57. The summed E-state index contributed by atoms with van der Waals surface area (Å²) in [6, 6.07) is 23.6. The molecule has 7 nitrogen and oxygen atoms in total. The highest BCUT2D eigenvalue weighted by Gasteiger charge is 2.27. The lowest BCUT2D eigenvalue weighted by Crippen LogP contribution is -2.43. The first-order valence-corrected chi connectivity index (χ1v) is 17.1. The molecular formula is C39H48N2O5. The van der Waals surface area contributed by atoms with E-state index in [-0.39, 0.29) is 11.7 Å². The van der Waals surface area contributed by atoms with Gasteiger partial charge in [-0.2, -0.15) is 0 Å². The van der Waals surface area contributed by atoms with Gasteiger partial charge in [0.25, 0.3) is 0 Å². The van der Waals surface area contributed by atoms with E-state index in [0.29, 0.717) is 54.8 Å². The number of esters is 1. The minimum Gasteiger partial charge on any atom is -0.492 e. The third kappa shape index (κ3) is 9.21. The summed E-state index contributed by atoms with van der Waals surface area (Å²) in [6.45, 7) is 1.05. The lowest BCUT2D eigenvalue weighted by Gasteiger charge is -2.34. The van der Waals surface area contributed by atoms with Crippen LogP contribution < -0.4 is 10.1 Å². The van der Waals surface area contributed by atoms with Gasteiger partial charge in [-0.1, -0.05) is 99.5 Å². The van der Waals surface area contributed by atoms with Crippen molar-refractivity contribution in [3.05, 3.63) is 95.6 Å². The molecule has 3 aromatic rings. The molecule has 7 heteroatoms. The van der Waals surface area contributed by atoms with Gasteiger partial charge in [0.15, 0.2) is 5.78 Å². The first-order chi connectivity index (χ1) is 22.5. The molecule has 2 aliphatic carbocycles. The number of ether oxygens (including phenoxy) is 2. The Kier molecular flexibility index (Phi) is 12.3. The number of hydrogen-bond acceptors (Lipinski definition) is 6. The average Bonchev–Trinajstić information content (AvgIpc) is 3.64. The number of benzene rings is 3. The van der Waals surface area contributed by atoms with E-state index in [1.54, 1.807) is 24.3 Å². The number of amides is 1. The zero-order valence-corrected chi connectivity index (χ0v) is 27.1. The van der Waals surface area contributed by atoms with Gasteiger partial charge in [0.1, 0.15) is 18.4 Å². The van der Waals surface area contributed by atoms with Crippen molar-refractivity contribution in [2.75, 3.05) is 25.6 Å². The van der Waals surface area contributed by atoms with Crippen molar-refractivity contribution in [2.45, 2.75) is 89.1 Å². The van der Waals surface area contributed by atoms with Crippen molar-refractivity contribution in [1.29, 1.82) is 0 Å². The maximum Gasteiger partial charge on any atom is 0.328 e. The van der Waals surface area contributed by atoms with Gasteiger partial charge in [0.2, 0.25) is 5.91 Å². The number of nitrogens with one attached hydrogen (secondary N) is 1. The third-order valence-corrected chi connectivity index (χ3v) is 9.56. The first-order valence-electron chi connectivity index (χ1n) is 17.1. The Morgan fingerprint density at radius 2 is 1.50 bits per heavy atom. The summed E-state index contributed by atoms with van der Waals surface area (Å²) < 4.78 is 11.2. The fourth-order valence-electron chi connectivity index (χ4n) is 6.97. The van der Waals surface area contributed by atoms with Crippen molar-refractivity contribution < 1.29 is 23.9 Å².